The first kappa shape index (κ1) is 16.7. The minimum Gasteiger partial charge on any atom is -0.422 e. The van der Waals surface area contributed by atoms with Crippen LogP contribution >= 0.6 is 27.3 Å². The topological polar surface area (TPSA) is 67.5 Å². The molecule has 0 saturated heterocycles. The van der Waals surface area contributed by atoms with Crippen molar-refractivity contribution in [2.45, 2.75) is 0 Å². The number of anilines is 1. The van der Waals surface area contributed by atoms with Crippen LogP contribution < -0.4 is 11.1 Å². The Bertz CT molecular complexity index is 1150. The molecule has 0 amide bonds. The summed E-state index contributed by atoms with van der Waals surface area (Å²) in [5, 5.41) is 7.40. The molecule has 0 radical (unpaired) electrons. The molecule has 0 saturated carbocycles. The number of hydrazone groups is 1. The zero-order valence-corrected chi connectivity index (χ0v) is 15.8. The fraction of sp³-hybridized carbons (Fsp3) is 0. The van der Waals surface area contributed by atoms with Crippen molar-refractivity contribution in [2.75, 3.05) is 5.43 Å². The fourth-order valence-corrected chi connectivity index (χ4v) is 3.46. The smallest absolute Gasteiger partial charge is 0.345 e. The van der Waals surface area contributed by atoms with Gasteiger partial charge in [-0.3, -0.25) is 5.43 Å². The lowest BCUT2D eigenvalue weighted by atomic mass is 10.1. The molecule has 26 heavy (non-hydrogen) atoms. The Morgan fingerprint density at radius 1 is 1.15 bits per heavy atom. The Morgan fingerprint density at radius 2 is 2.00 bits per heavy atom. The second-order valence-corrected chi connectivity index (χ2v) is 7.22. The van der Waals surface area contributed by atoms with Crippen molar-refractivity contribution in [2.24, 2.45) is 5.10 Å². The summed E-state index contributed by atoms with van der Waals surface area (Å²) in [6.07, 6.45) is 1.71. The molecule has 0 fully saturated rings. The lowest BCUT2D eigenvalue weighted by Gasteiger charge is -2.00. The van der Waals surface area contributed by atoms with Gasteiger partial charge >= 0.3 is 5.63 Å². The first-order valence-corrected chi connectivity index (χ1v) is 9.40. The summed E-state index contributed by atoms with van der Waals surface area (Å²) in [7, 11) is 0. The second kappa shape index (κ2) is 7.23. The maximum atomic E-state index is 12.3. The molecule has 2 heterocycles. The van der Waals surface area contributed by atoms with Gasteiger partial charge in [-0.25, -0.2) is 9.78 Å². The Balaban J connectivity index is 1.59. The maximum Gasteiger partial charge on any atom is 0.345 e. The monoisotopic (exact) mass is 425 g/mol. The fourth-order valence-electron chi connectivity index (χ4n) is 2.42. The zero-order chi connectivity index (χ0) is 17.9. The van der Waals surface area contributed by atoms with Crippen LogP contribution in [0.2, 0.25) is 0 Å². The molecule has 2 aromatic carbocycles. The van der Waals surface area contributed by atoms with Crippen LogP contribution in [0.15, 0.2) is 78.8 Å². The molecule has 0 bridgehead atoms. The van der Waals surface area contributed by atoms with Crippen LogP contribution in [0.3, 0.4) is 0 Å². The summed E-state index contributed by atoms with van der Waals surface area (Å²) in [5.41, 5.74) is 4.98. The van der Waals surface area contributed by atoms with Crippen molar-refractivity contribution in [3.05, 3.63) is 80.4 Å². The highest BCUT2D eigenvalue weighted by molar-refractivity contribution is 9.10. The number of nitrogens with one attached hydrogen (secondary N) is 1. The Labute approximate surface area is 161 Å². The molecule has 1 N–H and O–H groups in total. The van der Waals surface area contributed by atoms with E-state index in [1.165, 1.54) is 11.3 Å². The maximum absolute atomic E-state index is 12.3. The van der Waals surface area contributed by atoms with Crippen LogP contribution in [-0.4, -0.2) is 11.2 Å². The van der Waals surface area contributed by atoms with Crippen LogP contribution in [0.5, 0.6) is 0 Å². The first-order chi connectivity index (χ1) is 12.7. The van der Waals surface area contributed by atoms with Crippen LogP contribution in [-0.2, 0) is 0 Å². The van der Waals surface area contributed by atoms with Gasteiger partial charge in [-0.2, -0.15) is 5.10 Å². The number of thiazole rings is 1. The van der Waals surface area contributed by atoms with Gasteiger partial charge in [-0.1, -0.05) is 46.3 Å². The molecular formula is C19H12BrN3O2S. The Kier molecular flexibility index (Phi) is 4.64. The molecule has 0 spiro atoms. The molecule has 5 nitrogen and oxygen atoms in total. The highest BCUT2D eigenvalue weighted by atomic mass is 79.9. The minimum absolute atomic E-state index is 0.413. The summed E-state index contributed by atoms with van der Waals surface area (Å²) in [4.78, 5) is 16.7. The van der Waals surface area contributed by atoms with E-state index in [2.05, 4.69) is 31.4 Å². The van der Waals surface area contributed by atoms with Gasteiger partial charge in [0.1, 0.15) is 5.58 Å². The number of halogens is 1. The SMILES string of the molecule is O=c1oc2ccc(Br)cc2cc1-c1csc(N/N=C/c2ccccc2)n1. The predicted octanol–water partition coefficient (Wildman–Crippen LogP) is 5.13. The van der Waals surface area contributed by atoms with E-state index < -0.39 is 5.63 Å². The first-order valence-electron chi connectivity index (χ1n) is 7.72. The van der Waals surface area contributed by atoms with Gasteiger partial charge < -0.3 is 4.42 Å². The number of aromatic nitrogens is 1. The lowest BCUT2D eigenvalue weighted by molar-refractivity contribution is 0.563. The Hall–Kier alpha value is -2.77. The molecule has 0 aliphatic rings. The summed E-state index contributed by atoms with van der Waals surface area (Å²) in [6.45, 7) is 0. The number of nitrogens with zero attached hydrogens (tertiary/aromatic N) is 2. The van der Waals surface area contributed by atoms with Gasteiger partial charge in [0, 0.05) is 15.2 Å². The number of fused-ring (bicyclic) bond motifs is 1. The van der Waals surface area contributed by atoms with Crippen LogP contribution in [0.25, 0.3) is 22.2 Å². The largest absolute Gasteiger partial charge is 0.422 e. The highest BCUT2D eigenvalue weighted by Crippen LogP contribution is 2.26. The van der Waals surface area contributed by atoms with Crippen molar-refractivity contribution in [1.29, 1.82) is 0 Å². The van der Waals surface area contributed by atoms with Gasteiger partial charge in [-0.05, 0) is 29.8 Å². The summed E-state index contributed by atoms with van der Waals surface area (Å²) >= 11 is 4.80. The number of benzene rings is 2. The molecule has 0 aliphatic carbocycles. The summed E-state index contributed by atoms with van der Waals surface area (Å²) in [5.74, 6) is 0. The van der Waals surface area contributed by atoms with Gasteiger partial charge in [0.15, 0.2) is 0 Å². The van der Waals surface area contributed by atoms with Crippen molar-refractivity contribution in [3.8, 4) is 11.3 Å². The van der Waals surface area contributed by atoms with Crippen molar-refractivity contribution in [1.82, 2.24) is 4.98 Å². The number of hydrogen-bond donors (Lipinski definition) is 1. The molecule has 4 aromatic rings. The zero-order valence-electron chi connectivity index (χ0n) is 13.3. The average molecular weight is 426 g/mol. The predicted molar refractivity (Wildman–Crippen MR) is 109 cm³/mol. The van der Waals surface area contributed by atoms with E-state index in [0.29, 0.717) is 22.0 Å². The number of rotatable bonds is 4. The third-order valence-corrected chi connectivity index (χ3v) is 4.89. The second-order valence-electron chi connectivity index (χ2n) is 5.45. The van der Waals surface area contributed by atoms with Crippen LogP contribution in [0.1, 0.15) is 5.56 Å². The molecule has 2 aromatic heterocycles. The van der Waals surface area contributed by atoms with Crippen molar-refractivity contribution < 1.29 is 4.42 Å². The van der Waals surface area contributed by atoms with Gasteiger partial charge in [-0.15, -0.1) is 11.3 Å². The average Bonchev–Trinajstić information content (AvgIpc) is 3.11. The van der Waals surface area contributed by atoms with E-state index in [1.54, 1.807) is 23.7 Å². The van der Waals surface area contributed by atoms with E-state index in [9.17, 15) is 4.79 Å². The molecule has 0 unspecified atom stereocenters. The molecule has 128 valence electrons. The standard InChI is InChI=1S/C19H12BrN3O2S/c20-14-6-7-17-13(8-14)9-15(18(24)25-17)16-11-26-19(22-16)23-21-10-12-4-2-1-3-5-12/h1-11H,(H,22,23)/b21-10+. The van der Waals surface area contributed by atoms with Gasteiger partial charge in [0.25, 0.3) is 0 Å². The van der Waals surface area contributed by atoms with Gasteiger partial charge in [0.05, 0.1) is 17.5 Å². The van der Waals surface area contributed by atoms with E-state index >= 15 is 0 Å². The molecular weight excluding hydrogens is 414 g/mol. The number of hydrogen-bond acceptors (Lipinski definition) is 6. The highest BCUT2D eigenvalue weighted by Gasteiger charge is 2.11. The van der Waals surface area contributed by atoms with E-state index in [1.807, 2.05) is 42.5 Å². The van der Waals surface area contributed by atoms with Crippen LogP contribution in [0, 0.1) is 0 Å². The van der Waals surface area contributed by atoms with E-state index in [4.69, 9.17) is 4.42 Å². The quantitative estimate of drug-likeness (QED) is 0.279. The van der Waals surface area contributed by atoms with E-state index in [0.717, 1.165) is 15.4 Å². The minimum atomic E-state index is -0.413. The molecule has 4 rings (SSSR count). The normalized spacial score (nSPS) is 11.3. The third kappa shape index (κ3) is 3.58. The van der Waals surface area contributed by atoms with Crippen molar-refractivity contribution >= 4 is 49.6 Å². The van der Waals surface area contributed by atoms with Crippen molar-refractivity contribution in [3.63, 3.8) is 0 Å². The Morgan fingerprint density at radius 3 is 2.85 bits per heavy atom. The molecule has 7 heteroatoms. The van der Waals surface area contributed by atoms with E-state index in [-0.39, 0.29) is 0 Å². The summed E-state index contributed by atoms with van der Waals surface area (Å²) in [6, 6.07) is 17.0. The third-order valence-electron chi connectivity index (χ3n) is 3.65. The molecule has 0 aliphatic heterocycles. The molecule has 0 atom stereocenters. The summed E-state index contributed by atoms with van der Waals surface area (Å²) < 4.78 is 6.31. The van der Waals surface area contributed by atoms with Crippen LogP contribution in [0.4, 0.5) is 5.13 Å². The van der Waals surface area contributed by atoms with Gasteiger partial charge in [0.2, 0.25) is 5.13 Å². The lowest BCUT2D eigenvalue weighted by Crippen LogP contribution is -2.03.